The SMILES string of the molecule is Nc1ncnc2sc(NCC3CCN(CC4COc5ccccc5O4)CC3)nc12. The highest BCUT2D eigenvalue weighted by atomic mass is 32.1. The third-order valence-electron chi connectivity index (χ3n) is 5.50. The molecule has 0 spiro atoms. The van der Waals surface area contributed by atoms with Crippen LogP contribution in [0.1, 0.15) is 12.8 Å². The Kier molecular flexibility index (Phi) is 5.07. The lowest BCUT2D eigenvalue weighted by Gasteiger charge is -2.35. The van der Waals surface area contributed by atoms with Crippen molar-refractivity contribution >= 4 is 32.6 Å². The molecular formula is C20H24N6O2S. The first-order valence-corrected chi connectivity index (χ1v) is 10.8. The summed E-state index contributed by atoms with van der Waals surface area (Å²) in [6.07, 6.45) is 3.89. The Labute approximate surface area is 173 Å². The molecule has 5 rings (SSSR count). The van der Waals surface area contributed by atoms with E-state index in [1.807, 2.05) is 24.3 Å². The molecule has 0 aliphatic carbocycles. The number of aromatic nitrogens is 3. The third-order valence-corrected chi connectivity index (χ3v) is 6.42. The van der Waals surface area contributed by atoms with Crippen molar-refractivity contribution in [1.82, 2.24) is 19.9 Å². The number of nitrogens with two attached hydrogens (primary N) is 1. The summed E-state index contributed by atoms with van der Waals surface area (Å²) in [7, 11) is 0. The molecule has 8 nitrogen and oxygen atoms in total. The van der Waals surface area contributed by atoms with Crippen molar-refractivity contribution in [3.8, 4) is 11.5 Å². The highest BCUT2D eigenvalue weighted by molar-refractivity contribution is 7.21. The van der Waals surface area contributed by atoms with Crippen LogP contribution in [0.5, 0.6) is 11.5 Å². The zero-order valence-electron chi connectivity index (χ0n) is 16.1. The Bertz CT molecular complexity index is 988. The first kappa shape index (κ1) is 18.4. The number of nitrogens with zero attached hydrogens (tertiary/aromatic N) is 4. The van der Waals surface area contributed by atoms with Gasteiger partial charge in [-0.05, 0) is 44.0 Å². The number of nitrogens with one attached hydrogen (secondary N) is 1. The van der Waals surface area contributed by atoms with E-state index < -0.39 is 0 Å². The predicted octanol–water partition coefficient (Wildman–Crippen LogP) is 2.63. The van der Waals surface area contributed by atoms with E-state index in [0.717, 1.165) is 60.5 Å². The second kappa shape index (κ2) is 8.00. The molecule has 0 radical (unpaired) electrons. The second-order valence-electron chi connectivity index (χ2n) is 7.55. The quantitative estimate of drug-likeness (QED) is 0.660. The van der Waals surface area contributed by atoms with Crippen LogP contribution in [0.4, 0.5) is 10.9 Å². The Morgan fingerprint density at radius 3 is 2.83 bits per heavy atom. The molecule has 2 aliphatic heterocycles. The number of hydrogen-bond donors (Lipinski definition) is 2. The smallest absolute Gasteiger partial charge is 0.185 e. The van der Waals surface area contributed by atoms with Crippen molar-refractivity contribution < 1.29 is 9.47 Å². The van der Waals surface area contributed by atoms with Gasteiger partial charge in [0, 0.05) is 13.1 Å². The lowest BCUT2D eigenvalue weighted by atomic mass is 9.96. The van der Waals surface area contributed by atoms with Crippen LogP contribution in [0.3, 0.4) is 0 Å². The molecule has 2 aromatic heterocycles. The number of benzene rings is 1. The zero-order valence-corrected chi connectivity index (χ0v) is 16.9. The van der Waals surface area contributed by atoms with Gasteiger partial charge in [0.2, 0.25) is 0 Å². The van der Waals surface area contributed by atoms with Crippen LogP contribution < -0.4 is 20.5 Å². The third kappa shape index (κ3) is 4.06. The van der Waals surface area contributed by atoms with Gasteiger partial charge in [-0.25, -0.2) is 15.0 Å². The Morgan fingerprint density at radius 1 is 1.17 bits per heavy atom. The molecule has 3 aromatic rings. The number of anilines is 2. The maximum absolute atomic E-state index is 6.10. The van der Waals surface area contributed by atoms with Crippen LogP contribution in [-0.4, -0.2) is 58.7 Å². The van der Waals surface area contributed by atoms with Crippen LogP contribution in [0.2, 0.25) is 0 Å². The first-order chi connectivity index (χ1) is 14.2. The molecule has 1 unspecified atom stereocenters. The van der Waals surface area contributed by atoms with Gasteiger partial charge in [-0.2, -0.15) is 0 Å². The molecule has 1 atom stereocenters. The molecule has 0 saturated carbocycles. The van der Waals surface area contributed by atoms with Crippen molar-refractivity contribution in [3.63, 3.8) is 0 Å². The highest BCUT2D eigenvalue weighted by Crippen LogP contribution is 2.31. The number of piperidine rings is 1. The number of ether oxygens (including phenoxy) is 2. The molecule has 9 heteroatoms. The number of fused-ring (bicyclic) bond motifs is 2. The summed E-state index contributed by atoms with van der Waals surface area (Å²) in [6, 6.07) is 7.88. The van der Waals surface area contributed by atoms with Gasteiger partial charge >= 0.3 is 0 Å². The first-order valence-electron chi connectivity index (χ1n) is 9.96. The van der Waals surface area contributed by atoms with Gasteiger partial charge in [-0.1, -0.05) is 23.5 Å². The molecule has 3 N–H and O–H groups in total. The summed E-state index contributed by atoms with van der Waals surface area (Å²) in [5, 5.41) is 4.32. The minimum Gasteiger partial charge on any atom is -0.486 e. The maximum atomic E-state index is 6.10. The van der Waals surface area contributed by atoms with E-state index in [0.29, 0.717) is 23.9 Å². The fraction of sp³-hybridized carbons (Fsp3) is 0.450. The minimum atomic E-state index is 0.0916. The number of likely N-dealkylation sites (tertiary alicyclic amines) is 1. The standard InChI is InChI=1S/C20H24N6O2S/c21-18-17-19(24-12-23-18)29-20(25-17)22-9-13-5-7-26(8-6-13)10-14-11-27-15-3-1-2-4-16(15)28-14/h1-4,12-14H,5-11H2,(H,22,25)(H2,21,23,24). The van der Waals surface area contributed by atoms with Crippen molar-refractivity contribution in [2.24, 2.45) is 5.92 Å². The van der Waals surface area contributed by atoms with Gasteiger partial charge < -0.3 is 20.5 Å². The summed E-state index contributed by atoms with van der Waals surface area (Å²) in [4.78, 5) is 16.1. The topological polar surface area (TPSA) is 98.4 Å². The number of rotatable bonds is 5. The van der Waals surface area contributed by atoms with Crippen LogP contribution in [0, 0.1) is 5.92 Å². The molecule has 2 aliphatic rings. The molecular weight excluding hydrogens is 388 g/mol. The summed E-state index contributed by atoms with van der Waals surface area (Å²) in [5.41, 5.74) is 6.55. The number of nitrogen functional groups attached to an aromatic ring is 1. The lowest BCUT2D eigenvalue weighted by Crippen LogP contribution is -2.44. The van der Waals surface area contributed by atoms with Gasteiger partial charge in [0.1, 0.15) is 24.6 Å². The molecule has 0 amide bonds. The van der Waals surface area contributed by atoms with E-state index in [2.05, 4.69) is 25.2 Å². The highest BCUT2D eigenvalue weighted by Gasteiger charge is 2.26. The number of para-hydroxylation sites is 2. The van der Waals surface area contributed by atoms with Crippen molar-refractivity contribution in [2.75, 3.05) is 43.8 Å². The predicted molar refractivity (Wildman–Crippen MR) is 114 cm³/mol. The normalized spacial score (nSPS) is 20.1. The number of hydrogen-bond acceptors (Lipinski definition) is 9. The van der Waals surface area contributed by atoms with Gasteiger partial charge in [0.05, 0.1) is 0 Å². The molecule has 1 aromatic carbocycles. The van der Waals surface area contributed by atoms with Crippen molar-refractivity contribution in [1.29, 1.82) is 0 Å². The molecule has 0 bridgehead atoms. The van der Waals surface area contributed by atoms with Crippen molar-refractivity contribution in [3.05, 3.63) is 30.6 Å². The average molecular weight is 413 g/mol. The maximum Gasteiger partial charge on any atom is 0.185 e. The molecule has 152 valence electrons. The van der Waals surface area contributed by atoms with Crippen LogP contribution in [0.25, 0.3) is 10.3 Å². The number of thiazole rings is 1. The summed E-state index contributed by atoms with van der Waals surface area (Å²) < 4.78 is 11.9. The van der Waals surface area contributed by atoms with Crippen molar-refractivity contribution in [2.45, 2.75) is 18.9 Å². The zero-order chi connectivity index (χ0) is 19.6. The van der Waals surface area contributed by atoms with Gasteiger partial charge in [0.15, 0.2) is 27.3 Å². The van der Waals surface area contributed by atoms with E-state index in [4.69, 9.17) is 15.2 Å². The monoisotopic (exact) mass is 412 g/mol. The van der Waals surface area contributed by atoms with Crippen LogP contribution in [-0.2, 0) is 0 Å². The average Bonchev–Trinajstić information content (AvgIpc) is 3.18. The van der Waals surface area contributed by atoms with E-state index in [-0.39, 0.29) is 6.10 Å². The van der Waals surface area contributed by atoms with Gasteiger partial charge in [0.25, 0.3) is 0 Å². The van der Waals surface area contributed by atoms with E-state index in [1.54, 1.807) is 0 Å². The Hall–Kier alpha value is -2.65. The summed E-state index contributed by atoms with van der Waals surface area (Å²) in [6.45, 7) is 4.59. The Morgan fingerprint density at radius 2 is 2.00 bits per heavy atom. The fourth-order valence-corrected chi connectivity index (χ4v) is 4.71. The van der Waals surface area contributed by atoms with Crippen LogP contribution >= 0.6 is 11.3 Å². The molecule has 29 heavy (non-hydrogen) atoms. The van der Waals surface area contributed by atoms with Gasteiger partial charge in [-0.3, -0.25) is 4.90 Å². The molecule has 1 fully saturated rings. The van der Waals surface area contributed by atoms with Gasteiger partial charge in [-0.15, -0.1) is 0 Å². The fourth-order valence-electron chi connectivity index (χ4n) is 3.89. The second-order valence-corrected chi connectivity index (χ2v) is 8.53. The summed E-state index contributed by atoms with van der Waals surface area (Å²) in [5.74, 6) is 2.76. The van der Waals surface area contributed by atoms with Crippen LogP contribution in [0.15, 0.2) is 30.6 Å². The minimum absolute atomic E-state index is 0.0916. The lowest BCUT2D eigenvalue weighted by molar-refractivity contribution is 0.0485. The van der Waals surface area contributed by atoms with E-state index in [9.17, 15) is 0 Å². The molecule has 4 heterocycles. The largest absolute Gasteiger partial charge is 0.486 e. The van der Waals surface area contributed by atoms with E-state index >= 15 is 0 Å². The van der Waals surface area contributed by atoms with E-state index in [1.165, 1.54) is 17.7 Å². The molecule has 1 saturated heterocycles. The Balaban J connectivity index is 1.09. The summed E-state index contributed by atoms with van der Waals surface area (Å²) >= 11 is 1.52.